The quantitative estimate of drug-likeness (QED) is 0.673. The lowest BCUT2D eigenvalue weighted by atomic mass is 10.2. The van der Waals surface area contributed by atoms with Crippen molar-refractivity contribution in [2.24, 2.45) is 0 Å². The van der Waals surface area contributed by atoms with Gasteiger partial charge >= 0.3 is 0 Å². The van der Waals surface area contributed by atoms with Crippen LogP contribution in [0.25, 0.3) is 0 Å². The summed E-state index contributed by atoms with van der Waals surface area (Å²) in [6.45, 7) is 1.05. The van der Waals surface area contributed by atoms with Crippen LogP contribution in [0.5, 0.6) is 0 Å². The highest BCUT2D eigenvalue weighted by Crippen LogP contribution is 2.24. The zero-order valence-electron chi connectivity index (χ0n) is 13.5. The van der Waals surface area contributed by atoms with Gasteiger partial charge in [0.1, 0.15) is 0 Å². The van der Waals surface area contributed by atoms with E-state index in [1.807, 2.05) is 0 Å². The van der Waals surface area contributed by atoms with Crippen LogP contribution in [0.1, 0.15) is 10.4 Å². The smallest absolute Gasteiger partial charge is 0.255 e. The minimum atomic E-state index is -3.60. The molecule has 1 fully saturated rings. The van der Waals surface area contributed by atoms with Crippen molar-refractivity contribution in [1.82, 2.24) is 9.21 Å². The van der Waals surface area contributed by atoms with E-state index in [2.05, 4.69) is 15.9 Å². The fourth-order valence-corrected chi connectivity index (χ4v) is 4.83. The molecule has 3 rings (SSSR count). The normalized spacial score (nSPS) is 15.9. The number of sulfonamides is 1. The highest BCUT2D eigenvalue weighted by Gasteiger charge is 2.31. The third-order valence-corrected chi connectivity index (χ3v) is 7.12. The molecular formula is C17H15BrCl2N2O3S. The van der Waals surface area contributed by atoms with Crippen molar-refractivity contribution in [2.45, 2.75) is 4.90 Å². The molecule has 1 heterocycles. The van der Waals surface area contributed by atoms with E-state index < -0.39 is 10.0 Å². The Balaban J connectivity index is 1.71. The first-order chi connectivity index (χ1) is 12.3. The lowest BCUT2D eigenvalue weighted by molar-refractivity contribution is 0.0698. The molecular weight excluding hydrogens is 463 g/mol. The van der Waals surface area contributed by atoms with E-state index in [1.54, 1.807) is 35.2 Å². The number of rotatable bonds is 3. The van der Waals surface area contributed by atoms with Gasteiger partial charge in [-0.2, -0.15) is 4.31 Å². The van der Waals surface area contributed by atoms with Crippen molar-refractivity contribution >= 4 is 55.1 Å². The molecule has 0 saturated carbocycles. The van der Waals surface area contributed by atoms with E-state index in [0.717, 1.165) is 4.47 Å². The Hall–Kier alpha value is -1.12. The lowest BCUT2D eigenvalue weighted by Gasteiger charge is -2.34. The van der Waals surface area contributed by atoms with Crippen LogP contribution >= 0.6 is 39.1 Å². The molecule has 2 aromatic rings. The maximum absolute atomic E-state index is 12.7. The number of halogens is 3. The van der Waals surface area contributed by atoms with E-state index >= 15 is 0 Å². The van der Waals surface area contributed by atoms with Crippen LogP contribution in [-0.4, -0.2) is 49.7 Å². The predicted molar refractivity (Wildman–Crippen MR) is 105 cm³/mol. The zero-order valence-corrected chi connectivity index (χ0v) is 17.4. The van der Waals surface area contributed by atoms with Gasteiger partial charge < -0.3 is 4.90 Å². The van der Waals surface area contributed by atoms with Crippen molar-refractivity contribution < 1.29 is 13.2 Å². The number of nitrogens with zero attached hydrogens (tertiary/aromatic N) is 2. The van der Waals surface area contributed by atoms with Gasteiger partial charge in [-0.3, -0.25) is 4.79 Å². The first-order valence-corrected chi connectivity index (χ1v) is 10.8. The number of carbonyl (C=O) groups is 1. The maximum Gasteiger partial charge on any atom is 0.255 e. The molecule has 2 aromatic carbocycles. The Morgan fingerprint density at radius 2 is 1.58 bits per heavy atom. The summed E-state index contributed by atoms with van der Waals surface area (Å²) in [6, 6.07) is 11.1. The molecule has 0 N–H and O–H groups in total. The van der Waals surface area contributed by atoms with Gasteiger partial charge in [-0.25, -0.2) is 8.42 Å². The highest BCUT2D eigenvalue weighted by molar-refractivity contribution is 9.10. The lowest BCUT2D eigenvalue weighted by Crippen LogP contribution is -2.50. The molecule has 1 saturated heterocycles. The molecule has 1 aliphatic heterocycles. The second-order valence-corrected chi connectivity index (χ2v) is 9.47. The number of piperazine rings is 1. The summed E-state index contributed by atoms with van der Waals surface area (Å²) in [4.78, 5) is 14.5. The van der Waals surface area contributed by atoms with Crippen LogP contribution in [0.3, 0.4) is 0 Å². The average Bonchev–Trinajstić information content (AvgIpc) is 2.63. The first kappa shape index (κ1) is 19.6. The maximum atomic E-state index is 12.7. The summed E-state index contributed by atoms with van der Waals surface area (Å²) < 4.78 is 27.5. The Morgan fingerprint density at radius 3 is 2.19 bits per heavy atom. The van der Waals surface area contributed by atoms with Crippen LogP contribution in [0.4, 0.5) is 0 Å². The van der Waals surface area contributed by atoms with Crippen molar-refractivity contribution in [3.05, 3.63) is 62.5 Å². The molecule has 9 heteroatoms. The summed E-state index contributed by atoms with van der Waals surface area (Å²) in [6.07, 6.45) is 0. The van der Waals surface area contributed by atoms with Gasteiger partial charge in [-0.15, -0.1) is 0 Å². The Labute approximate surface area is 170 Å². The molecule has 1 amide bonds. The monoisotopic (exact) mass is 476 g/mol. The highest BCUT2D eigenvalue weighted by atomic mass is 79.9. The molecule has 0 radical (unpaired) electrons. The van der Waals surface area contributed by atoms with Gasteiger partial charge in [0.25, 0.3) is 5.91 Å². The fraction of sp³-hybridized carbons (Fsp3) is 0.235. The van der Waals surface area contributed by atoms with Crippen LogP contribution in [0, 0.1) is 0 Å². The van der Waals surface area contributed by atoms with E-state index in [0.29, 0.717) is 28.7 Å². The standard InChI is InChI=1S/C17H15BrCl2N2O3S/c18-12-1-6-16(20)15(11-12)17(23)21-7-9-22(10-8-21)26(24,25)14-4-2-13(19)3-5-14/h1-6,11H,7-10H2. The number of hydrogen-bond acceptors (Lipinski definition) is 3. The number of benzene rings is 2. The molecule has 1 aliphatic rings. The summed E-state index contributed by atoms with van der Waals surface area (Å²) in [5, 5.41) is 0.847. The number of carbonyl (C=O) groups excluding carboxylic acids is 1. The SMILES string of the molecule is O=C(c1cc(Br)ccc1Cl)N1CCN(S(=O)(=O)c2ccc(Cl)cc2)CC1. The van der Waals surface area contributed by atoms with Crippen molar-refractivity contribution in [3.8, 4) is 0 Å². The summed E-state index contributed by atoms with van der Waals surface area (Å²) in [7, 11) is -3.60. The molecule has 138 valence electrons. The molecule has 0 spiro atoms. The van der Waals surface area contributed by atoms with Crippen molar-refractivity contribution in [1.29, 1.82) is 0 Å². The minimum absolute atomic E-state index is 0.191. The third-order valence-electron chi connectivity index (χ3n) is 4.14. The average molecular weight is 478 g/mol. The van der Waals surface area contributed by atoms with E-state index in [4.69, 9.17) is 23.2 Å². The van der Waals surface area contributed by atoms with E-state index in [1.165, 1.54) is 16.4 Å². The van der Waals surface area contributed by atoms with Gasteiger partial charge in [-0.05, 0) is 42.5 Å². The first-order valence-electron chi connectivity index (χ1n) is 7.79. The predicted octanol–water partition coefficient (Wildman–Crippen LogP) is 3.90. The molecule has 0 aromatic heterocycles. The Morgan fingerprint density at radius 1 is 0.962 bits per heavy atom. The fourth-order valence-electron chi connectivity index (χ4n) is 2.72. The van der Waals surface area contributed by atoms with Gasteiger partial charge in [0.15, 0.2) is 0 Å². The minimum Gasteiger partial charge on any atom is -0.336 e. The zero-order chi connectivity index (χ0) is 18.9. The Kier molecular flexibility index (Phi) is 5.94. The third kappa shape index (κ3) is 4.07. The summed E-state index contributed by atoms with van der Waals surface area (Å²) in [5.41, 5.74) is 0.398. The molecule has 0 atom stereocenters. The van der Waals surface area contributed by atoms with Gasteiger partial charge in [0, 0.05) is 35.7 Å². The molecule has 0 bridgehead atoms. The molecule has 26 heavy (non-hydrogen) atoms. The van der Waals surface area contributed by atoms with Crippen molar-refractivity contribution in [2.75, 3.05) is 26.2 Å². The van der Waals surface area contributed by atoms with Crippen LogP contribution in [-0.2, 0) is 10.0 Å². The van der Waals surface area contributed by atoms with E-state index in [-0.39, 0.29) is 23.9 Å². The molecule has 0 unspecified atom stereocenters. The summed E-state index contributed by atoms with van der Waals surface area (Å²) >= 11 is 15.3. The topological polar surface area (TPSA) is 57.7 Å². The van der Waals surface area contributed by atoms with Gasteiger partial charge in [0.05, 0.1) is 15.5 Å². The van der Waals surface area contributed by atoms with E-state index in [9.17, 15) is 13.2 Å². The molecule has 0 aliphatic carbocycles. The summed E-state index contributed by atoms with van der Waals surface area (Å²) in [5.74, 6) is -0.208. The molecule has 5 nitrogen and oxygen atoms in total. The Bertz CT molecular complexity index is 928. The largest absolute Gasteiger partial charge is 0.336 e. The van der Waals surface area contributed by atoms with Crippen LogP contribution in [0.15, 0.2) is 51.8 Å². The van der Waals surface area contributed by atoms with Gasteiger partial charge in [-0.1, -0.05) is 39.1 Å². The second kappa shape index (κ2) is 7.86. The number of amides is 1. The number of hydrogen-bond donors (Lipinski definition) is 0. The van der Waals surface area contributed by atoms with Crippen molar-refractivity contribution in [3.63, 3.8) is 0 Å². The van der Waals surface area contributed by atoms with Crippen LogP contribution in [0.2, 0.25) is 10.0 Å². The van der Waals surface area contributed by atoms with Crippen LogP contribution < -0.4 is 0 Å². The van der Waals surface area contributed by atoms with Gasteiger partial charge in [0.2, 0.25) is 10.0 Å². The second-order valence-electron chi connectivity index (χ2n) is 5.77.